The molecule has 1 unspecified atom stereocenters. The van der Waals surface area contributed by atoms with Crippen LogP contribution in [-0.4, -0.2) is 17.3 Å². The van der Waals surface area contributed by atoms with Crippen molar-refractivity contribution in [1.29, 1.82) is 0 Å². The first-order valence-corrected chi connectivity index (χ1v) is 7.42. The fourth-order valence-corrected chi connectivity index (χ4v) is 4.30. The van der Waals surface area contributed by atoms with Gasteiger partial charge >= 0.3 is 0 Å². The van der Waals surface area contributed by atoms with Crippen LogP contribution < -0.4 is 0 Å². The maximum absolute atomic E-state index is 11.8. The highest BCUT2D eigenvalue weighted by molar-refractivity contribution is 9.10. The normalized spacial score (nSPS) is 21.4. The summed E-state index contributed by atoms with van der Waals surface area (Å²) in [4.78, 5) is 13.0. The summed E-state index contributed by atoms with van der Waals surface area (Å²) in [7, 11) is 0. The number of ketones is 1. The van der Waals surface area contributed by atoms with E-state index in [9.17, 15) is 4.79 Å². The zero-order valence-electron chi connectivity index (χ0n) is 7.66. The van der Waals surface area contributed by atoms with Gasteiger partial charge < -0.3 is 0 Å². The topological polar surface area (TPSA) is 17.1 Å². The highest BCUT2D eigenvalue weighted by Crippen LogP contribution is 2.28. The Morgan fingerprint density at radius 3 is 3.07 bits per heavy atom. The van der Waals surface area contributed by atoms with Crippen molar-refractivity contribution in [2.24, 2.45) is 5.92 Å². The molecule has 1 fully saturated rings. The summed E-state index contributed by atoms with van der Waals surface area (Å²) in [5, 5.41) is 2.02. The second-order valence-electron chi connectivity index (χ2n) is 3.40. The smallest absolute Gasteiger partial charge is 0.142 e. The van der Waals surface area contributed by atoms with Gasteiger partial charge in [-0.1, -0.05) is 0 Å². The first-order chi connectivity index (χ1) is 6.77. The summed E-state index contributed by atoms with van der Waals surface area (Å²) in [6, 6.07) is 2.01. The monoisotopic (exact) mass is 290 g/mol. The van der Waals surface area contributed by atoms with Crippen LogP contribution in [0.1, 0.15) is 11.3 Å². The Kier molecular flexibility index (Phi) is 3.68. The summed E-state index contributed by atoms with van der Waals surface area (Å²) in [5.74, 6) is 2.91. The summed E-state index contributed by atoms with van der Waals surface area (Å²) in [5.41, 5.74) is 0. The first-order valence-electron chi connectivity index (χ1n) is 4.59. The molecule has 1 aromatic rings. The highest BCUT2D eigenvalue weighted by atomic mass is 79.9. The predicted molar refractivity (Wildman–Crippen MR) is 66.2 cm³/mol. The van der Waals surface area contributed by atoms with Gasteiger partial charge in [-0.05, 0) is 39.6 Å². The molecule has 0 radical (unpaired) electrons. The summed E-state index contributed by atoms with van der Waals surface area (Å²) in [6.45, 7) is 0. The minimum absolute atomic E-state index is 0.314. The number of hydrogen-bond donors (Lipinski definition) is 0. The van der Waals surface area contributed by atoms with Crippen LogP contribution >= 0.6 is 39.0 Å². The van der Waals surface area contributed by atoms with Crippen LogP contribution in [0.3, 0.4) is 0 Å². The van der Waals surface area contributed by atoms with Gasteiger partial charge in [0.05, 0.1) is 0 Å². The van der Waals surface area contributed by atoms with Crippen molar-refractivity contribution in [1.82, 2.24) is 0 Å². The molecule has 1 atom stereocenters. The molecule has 14 heavy (non-hydrogen) atoms. The molecule has 0 aromatic carbocycles. The van der Waals surface area contributed by atoms with Gasteiger partial charge in [-0.25, -0.2) is 0 Å². The first kappa shape index (κ1) is 10.7. The molecule has 0 saturated carbocycles. The molecular formula is C10H11BrOS2. The molecule has 4 heteroatoms. The number of halogens is 1. The molecule has 0 aliphatic carbocycles. The number of carbonyl (C=O) groups is 1. The van der Waals surface area contributed by atoms with E-state index in [2.05, 4.69) is 15.9 Å². The second kappa shape index (κ2) is 4.81. The van der Waals surface area contributed by atoms with E-state index < -0.39 is 0 Å². The lowest BCUT2D eigenvalue weighted by Gasteiger charge is -2.05. The average molecular weight is 291 g/mol. The fraction of sp³-hybridized carbons (Fsp3) is 0.500. The van der Waals surface area contributed by atoms with Gasteiger partial charge in [0.25, 0.3) is 0 Å². The number of Topliss-reactive ketones (excluding diaryl/α,β-unsaturated/α-hetero) is 1. The van der Waals surface area contributed by atoms with E-state index in [4.69, 9.17) is 0 Å². The largest absolute Gasteiger partial charge is 0.299 e. The maximum atomic E-state index is 11.8. The van der Waals surface area contributed by atoms with E-state index >= 15 is 0 Å². The van der Waals surface area contributed by atoms with E-state index in [1.807, 2.05) is 23.2 Å². The van der Waals surface area contributed by atoms with Gasteiger partial charge in [-0.3, -0.25) is 4.79 Å². The standard InChI is InChI=1S/C10H11BrOS2/c11-8-2-4-14-10(8)5-9(12)7-1-3-13-6-7/h2,4,7H,1,3,5-6H2. The lowest BCUT2D eigenvalue weighted by molar-refractivity contribution is -0.121. The number of thiophene rings is 1. The number of rotatable bonds is 3. The third-order valence-electron chi connectivity index (χ3n) is 2.41. The molecule has 1 aromatic heterocycles. The average Bonchev–Trinajstić information content (AvgIpc) is 2.77. The molecule has 1 saturated heterocycles. The maximum Gasteiger partial charge on any atom is 0.142 e. The van der Waals surface area contributed by atoms with Gasteiger partial charge in [0.2, 0.25) is 0 Å². The van der Waals surface area contributed by atoms with Gasteiger partial charge in [-0.15, -0.1) is 11.3 Å². The van der Waals surface area contributed by atoms with Crippen molar-refractivity contribution >= 4 is 44.8 Å². The third-order valence-corrected chi connectivity index (χ3v) is 5.50. The summed E-state index contributed by atoms with van der Waals surface area (Å²) >= 11 is 7.02. The minimum Gasteiger partial charge on any atom is -0.299 e. The molecule has 0 bridgehead atoms. The van der Waals surface area contributed by atoms with E-state index in [0.29, 0.717) is 18.1 Å². The molecule has 1 nitrogen and oxygen atoms in total. The Morgan fingerprint density at radius 2 is 2.50 bits per heavy atom. The Balaban J connectivity index is 1.97. The summed E-state index contributed by atoms with van der Waals surface area (Å²) < 4.78 is 1.08. The molecule has 1 aliphatic rings. The molecule has 0 spiro atoms. The number of carbonyl (C=O) groups excluding carboxylic acids is 1. The van der Waals surface area contributed by atoms with E-state index in [-0.39, 0.29) is 0 Å². The SMILES string of the molecule is O=C(Cc1sccc1Br)C1CCSC1. The third kappa shape index (κ3) is 2.41. The van der Waals surface area contributed by atoms with Crippen molar-refractivity contribution in [3.05, 3.63) is 20.8 Å². The molecule has 2 rings (SSSR count). The second-order valence-corrected chi connectivity index (χ2v) is 6.40. The van der Waals surface area contributed by atoms with E-state index in [1.165, 1.54) is 4.88 Å². The lowest BCUT2D eigenvalue weighted by Crippen LogP contribution is -2.15. The Bertz CT molecular complexity index is 329. The van der Waals surface area contributed by atoms with Crippen LogP contribution in [0.2, 0.25) is 0 Å². The van der Waals surface area contributed by atoms with Crippen LogP contribution in [-0.2, 0) is 11.2 Å². The van der Waals surface area contributed by atoms with Crippen LogP contribution in [0.4, 0.5) is 0 Å². The number of thioether (sulfide) groups is 1. The van der Waals surface area contributed by atoms with Crippen LogP contribution in [0, 0.1) is 5.92 Å². The number of hydrogen-bond acceptors (Lipinski definition) is 3. The van der Waals surface area contributed by atoms with Gasteiger partial charge in [0.15, 0.2) is 0 Å². The van der Waals surface area contributed by atoms with Crippen LogP contribution in [0.25, 0.3) is 0 Å². The summed E-state index contributed by atoms with van der Waals surface area (Å²) in [6.07, 6.45) is 1.69. The molecule has 2 heterocycles. The van der Waals surface area contributed by atoms with Crippen LogP contribution in [0.15, 0.2) is 15.9 Å². The Morgan fingerprint density at radius 1 is 1.64 bits per heavy atom. The molecule has 0 N–H and O–H groups in total. The van der Waals surface area contributed by atoms with Crippen molar-refractivity contribution in [2.45, 2.75) is 12.8 Å². The highest BCUT2D eigenvalue weighted by Gasteiger charge is 2.23. The molecule has 1 aliphatic heterocycles. The minimum atomic E-state index is 0.314. The molecular weight excluding hydrogens is 280 g/mol. The van der Waals surface area contributed by atoms with Gasteiger partial charge in [-0.2, -0.15) is 11.8 Å². The van der Waals surface area contributed by atoms with Gasteiger partial charge in [0, 0.05) is 27.4 Å². The van der Waals surface area contributed by atoms with Crippen molar-refractivity contribution in [3.8, 4) is 0 Å². The van der Waals surface area contributed by atoms with Crippen molar-refractivity contribution < 1.29 is 4.79 Å². The van der Waals surface area contributed by atoms with Crippen LogP contribution in [0.5, 0.6) is 0 Å². The predicted octanol–water partition coefficient (Wildman–Crippen LogP) is 3.38. The van der Waals surface area contributed by atoms with E-state index in [0.717, 1.165) is 22.4 Å². The fourth-order valence-electron chi connectivity index (χ4n) is 1.54. The Labute approximate surface area is 100 Å². The molecule has 0 amide bonds. The quantitative estimate of drug-likeness (QED) is 0.849. The zero-order valence-corrected chi connectivity index (χ0v) is 10.9. The van der Waals surface area contributed by atoms with Gasteiger partial charge in [0.1, 0.15) is 5.78 Å². The van der Waals surface area contributed by atoms with Crippen molar-refractivity contribution in [2.75, 3.05) is 11.5 Å². The van der Waals surface area contributed by atoms with Crippen molar-refractivity contribution in [3.63, 3.8) is 0 Å². The van der Waals surface area contributed by atoms with E-state index in [1.54, 1.807) is 11.3 Å². The lowest BCUT2D eigenvalue weighted by atomic mass is 10.0. The molecule has 76 valence electrons. The zero-order chi connectivity index (χ0) is 9.97. The Hall–Kier alpha value is 0.200.